The highest BCUT2D eigenvalue weighted by Crippen LogP contribution is 2.53. The van der Waals surface area contributed by atoms with Gasteiger partial charge in [-0.3, -0.25) is 0 Å². The molecule has 0 saturated heterocycles. The van der Waals surface area contributed by atoms with Crippen LogP contribution in [0.4, 0.5) is 38.5 Å². The van der Waals surface area contributed by atoms with Crippen molar-refractivity contribution in [2.45, 2.75) is 19.3 Å². The Balaban J connectivity index is 0.903. The second-order valence-electron chi connectivity index (χ2n) is 21.0. The first-order valence-electron chi connectivity index (χ1n) is 27.1. The molecule has 0 radical (unpaired) electrons. The Morgan fingerprint density at radius 1 is 0.316 bits per heavy atom. The molecule has 0 amide bonds. The minimum Gasteiger partial charge on any atom is -0.311 e. The fourth-order valence-corrected chi connectivity index (χ4v) is 12.3. The van der Waals surface area contributed by atoms with E-state index in [4.69, 9.17) is 0 Å². The number of nitrogens with zero attached hydrogens (tertiary/aromatic N) is 3. The predicted octanol–water partition coefficient (Wildman–Crippen LogP) is 20.8. The van der Waals surface area contributed by atoms with Gasteiger partial charge in [-0.2, -0.15) is 0 Å². The maximum Gasteiger partial charge on any atom is 0.123 e. The summed E-state index contributed by atoms with van der Waals surface area (Å²) in [6.45, 7) is 4.76. The molecule has 0 N–H and O–H groups in total. The van der Waals surface area contributed by atoms with Gasteiger partial charge in [-0.15, -0.1) is 0 Å². The Morgan fingerprint density at radius 3 is 1.32 bits per heavy atom. The van der Waals surface area contributed by atoms with Gasteiger partial charge in [0.25, 0.3) is 0 Å². The van der Waals surface area contributed by atoms with Gasteiger partial charge >= 0.3 is 0 Å². The van der Waals surface area contributed by atoms with Crippen LogP contribution in [0.5, 0.6) is 0 Å². The average molecular weight is 1020 g/mol. The number of aromatic nitrogens is 1. The van der Waals surface area contributed by atoms with Crippen LogP contribution in [0.1, 0.15) is 25.0 Å². The summed E-state index contributed by atoms with van der Waals surface area (Å²) >= 11 is 0. The summed E-state index contributed by atoms with van der Waals surface area (Å²) in [4.78, 5) is 4.70. The molecule has 0 fully saturated rings. The van der Waals surface area contributed by atoms with E-state index in [9.17, 15) is 4.39 Å². The molecule has 0 unspecified atom stereocenters. The third kappa shape index (κ3) is 8.28. The van der Waals surface area contributed by atoms with Gasteiger partial charge in [-0.05, 0) is 170 Å². The normalized spacial score (nSPS) is 12.3. The first-order valence-corrected chi connectivity index (χ1v) is 27.1. The Hall–Kier alpha value is -10.0. The van der Waals surface area contributed by atoms with Crippen molar-refractivity contribution >= 4 is 55.8 Å². The number of fused-ring (bicyclic) bond motifs is 6. The largest absolute Gasteiger partial charge is 0.311 e. The third-order valence-corrected chi connectivity index (χ3v) is 16.0. The van der Waals surface area contributed by atoms with E-state index in [0.29, 0.717) is 0 Å². The van der Waals surface area contributed by atoms with Crippen molar-refractivity contribution in [2.75, 3.05) is 9.80 Å². The zero-order valence-electron chi connectivity index (χ0n) is 43.9. The number of rotatable bonds is 11. The van der Waals surface area contributed by atoms with Gasteiger partial charge in [0.2, 0.25) is 0 Å². The molecule has 13 aromatic rings. The van der Waals surface area contributed by atoms with Gasteiger partial charge in [0.1, 0.15) is 5.82 Å². The Labute approximate surface area is 461 Å². The van der Waals surface area contributed by atoms with E-state index in [1.807, 2.05) is 12.1 Å². The van der Waals surface area contributed by atoms with Crippen molar-refractivity contribution < 1.29 is 4.39 Å². The zero-order valence-corrected chi connectivity index (χ0v) is 43.9. The number of hydrogen-bond donors (Lipinski definition) is 0. The molecule has 1 aliphatic rings. The Morgan fingerprint density at radius 2 is 0.734 bits per heavy atom. The lowest BCUT2D eigenvalue weighted by atomic mass is 9.81. The number of para-hydroxylation sites is 2. The van der Waals surface area contributed by atoms with Crippen LogP contribution in [0.2, 0.25) is 0 Å². The van der Waals surface area contributed by atoms with Crippen molar-refractivity contribution in [3.63, 3.8) is 0 Å². The van der Waals surface area contributed by atoms with Gasteiger partial charge in [0, 0.05) is 61.6 Å². The fourth-order valence-electron chi connectivity index (χ4n) is 12.3. The molecule has 4 heteroatoms. The number of hydrogen-bond acceptors (Lipinski definition) is 2. The van der Waals surface area contributed by atoms with Gasteiger partial charge in [-0.1, -0.05) is 196 Å². The lowest BCUT2D eigenvalue weighted by molar-refractivity contribution is 0.627. The molecule has 0 saturated carbocycles. The van der Waals surface area contributed by atoms with Crippen LogP contribution < -0.4 is 9.80 Å². The van der Waals surface area contributed by atoms with Crippen LogP contribution in [0.25, 0.3) is 83.1 Å². The summed E-state index contributed by atoms with van der Waals surface area (Å²) in [5.74, 6) is -0.263. The molecule has 0 atom stereocenters. The molecule has 12 aromatic carbocycles. The molecule has 0 aliphatic heterocycles. The smallest absolute Gasteiger partial charge is 0.123 e. The first-order chi connectivity index (χ1) is 38.9. The van der Waals surface area contributed by atoms with Gasteiger partial charge in [-0.25, -0.2) is 4.39 Å². The molecule has 0 bridgehead atoms. The summed E-state index contributed by atoms with van der Waals surface area (Å²) in [6.07, 6.45) is 0. The predicted molar refractivity (Wildman–Crippen MR) is 329 cm³/mol. The molecule has 1 aromatic heterocycles. The molecular weight excluding hydrogens is 962 g/mol. The first kappa shape index (κ1) is 47.4. The Kier molecular flexibility index (Phi) is 11.7. The van der Waals surface area contributed by atoms with Crippen LogP contribution in [-0.2, 0) is 5.41 Å². The van der Waals surface area contributed by atoms with E-state index in [1.165, 1.54) is 33.4 Å². The second kappa shape index (κ2) is 19.5. The third-order valence-electron chi connectivity index (χ3n) is 16.0. The molecule has 0 spiro atoms. The number of anilines is 6. The lowest BCUT2D eigenvalue weighted by Gasteiger charge is -2.29. The van der Waals surface area contributed by atoms with Crippen molar-refractivity contribution in [3.05, 3.63) is 308 Å². The highest BCUT2D eigenvalue weighted by Gasteiger charge is 2.37. The van der Waals surface area contributed by atoms with Crippen molar-refractivity contribution in [1.29, 1.82) is 0 Å². The summed E-state index contributed by atoms with van der Waals surface area (Å²) in [5.41, 5.74) is 22.3. The highest BCUT2D eigenvalue weighted by atomic mass is 19.1. The van der Waals surface area contributed by atoms with Crippen molar-refractivity contribution in [2.24, 2.45) is 0 Å². The van der Waals surface area contributed by atoms with Gasteiger partial charge in [0.05, 0.1) is 11.2 Å². The summed E-state index contributed by atoms with van der Waals surface area (Å²) < 4.78 is 17.1. The van der Waals surface area contributed by atoms with Crippen molar-refractivity contribution in [3.8, 4) is 61.5 Å². The average Bonchev–Trinajstić information content (AvgIpc) is 4.19. The van der Waals surface area contributed by atoms with Gasteiger partial charge < -0.3 is 14.4 Å². The summed E-state index contributed by atoms with van der Waals surface area (Å²) in [6, 6.07) is 103. The minimum absolute atomic E-state index is 0.263. The van der Waals surface area contributed by atoms with E-state index in [2.05, 4.69) is 295 Å². The fraction of sp³-hybridized carbons (Fsp3) is 0.0400. The molecule has 376 valence electrons. The van der Waals surface area contributed by atoms with E-state index < -0.39 is 0 Å². The maximum atomic E-state index is 14.7. The monoisotopic (exact) mass is 1020 g/mol. The highest BCUT2D eigenvalue weighted by molar-refractivity contribution is 6.20. The topological polar surface area (TPSA) is 11.4 Å². The van der Waals surface area contributed by atoms with E-state index >= 15 is 0 Å². The molecular formula is C75H54FN3. The van der Waals surface area contributed by atoms with Crippen LogP contribution in [0.15, 0.2) is 291 Å². The van der Waals surface area contributed by atoms with E-state index in [-0.39, 0.29) is 11.2 Å². The molecule has 14 rings (SSSR count). The Bertz CT molecular complexity index is 4300. The van der Waals surface area contributed by atoms with Crippen LogP contribution in [-0.4, -0.2) is 4.57 Å². The lowest BCUT2D eigenvalue weighted by Crippen LogP contribution is -2.17. The standard InChI is InChI=1S/C75H54FN3/c1-75(2)70-48-55(68-50-69-72(53-22-10-4-11-23-53)73(54-24-12-5-13-25-54)79(62-39-35-56(76)36-40-62)74(69)67-31-19-18-30-64(67)68)34-46-65(70)66-47-45-63(49-71(66)75)78(59-37-32-52(33-38-59)51-20-8-3-9-21-51)61-43-41-60(42-44-61)77(57-26-14-6-15-27-57)58-28-16-7-17-29-58/h3-50H,1-2H3. The summed E-state index contributed by atoms with van der Waals surface area (Å²) in [5, 5.41) is 3.42. The molecule has 1 aliphatic carbocycles. The minimum atomic E-state index is -0.337. The zero-order chi connectivity index (χ0) is 53.0. The molecule has 3 nitrogen and oxygen atoms in total. The maximum absolute atomic E-state index is 14.7. The van der Waals surface area contributed by atoms with Crippen LogP contribution in [0, 0.1) is 5.82 Å². The van der Waals surface area contributed by atoms with E-state index in [1.54, 1.807) is 12.1 Å². The van der Waals surface area contributed by atoms with Crippen LogP contribution >= 0.6 is 0 Å². The molecule has 79 heavy (non-hydrogen) atoms. The number of halogens is 1. The van der Waals surface area contributed by atoms with Crippen molar-refractivity contribution in [1.82, 2.24) is 4.57 Å². The second-order valence-corrected chi connectivity index (χ2v) is 21.0. The summed E-state index contributed by atoms with van der Waals surface area (Å²) in [7, 11) is 0. The molecule has 1 heterocycles. The quantitative estimate of drug-likeness (QED) is 0.128. The SMILES string of the molecule is CC1(C)c2cc(-c3cc4c(-c5ccccc5)c(-c5ccccc5)n(-c5ccc(F)cc5)c4c4ccccc34)ccc2-c2ccc(N(c3ccc(-c4ccccc4)cc3)c3ccc(N(c4ccccc4)c4ccccc4)cc3)cc21. The van der Waals surface area contributed by atoms with E-state index in [0.717, 1.165) is 95.0 Å². The van der Waals surface area contributed by atoms with Crippen LogP contribution in [0.3, 0.4) is 0 Å². The van der Waals surface area contributed by atoms with Gasteiger partial charge in [0.15, 0.2) is 0 Å². The number of benzene rings is 12.